The molecule has 1 unspecified atom stereocenters. The molecule has 8 nitrogen and oxygen atoms in total. The number of carboxylic acids is 1. The number of aromatic nitrogens is 1. The summed E-state index contributed by atoms with van der Waals surface area (Å²) in [5, 5.41) is 8.84. The number of benzene rings is 1. The third kappa shape index (κ3) is 7.95. The van der Waals surface area contributed by atoms with Crippen LogP contribution in [0.15, 0.2) is 54.7 Å². The first-order chi connectivity index (χ1) is 17.0. The number of aliphatic carboxylic acids is 1. The maximum absolute atomic E-state index is 13.2. The predicted octanol–water partition coefficient (Wildman–Crippen LogP) is 4.77. The zero-order valence-electron chi connectivity index (χ0n) is 21.7. The summed E-state index contributed by atoms with van der Waals surface area (Å²) in [7, 11) is 4.05. The lowest BCUT2D eigenvalue weighted by Crippen LogP contribution is -2.45. The largest absolute Gasteiger partial charge is 0.478 e. The van der Waals surface area contributed by atoms with Crippen LogP contribution in [0, 0.1) is 0 Å². The minimum Gasteiger partial charge on any atom is -0.478 e. The second-order valence-electron chi connectivity index (χ2n) is 10.1. The average molecular weight is 493 g/mol. The van der Waals surface area contributed by atoms with E-state index in [0.717, 1.165) is 36.8 Å². The molecule has 1 fully saturated rings. The monoisotopic (exact) mass is 492 g/mol. The van der Waals surface area contributed by atoms with Crippen LogP contribution in [0.5, 0.6) is 0 Å². The Morgan fingerprint density at radius 2 is 1.81 bits per heavy atom. The highest BCUT2D eigenvalue weighted by Gasteiger charge is 2.34. The molecule has 1 N–H and O–H groups in total. The topological polar surface area (TPSA) is 86.2 Å². The van der Waals surface area contributed by atoms with Gasteiger partial charge in [0.15, 0.2) is 0 Å². The van der Waals surface area contributed by atoms with Gasteiger partial charge in [0.2, 0.25) is 0 Å². The molecular weight excluding hydrogens is 456 g/mol. The van der Waals surface area contributed by atoms with Gasteiger partial charge in [0.25, 0.3) is 0 Å². The number of rotatable bonds is 8. The Balaban J connectivity index is 1.69. The summed E-state index contributed by atoms with van der Waals surface area (Å²) in [6.45, 7) is 7.85. The van der Waals surface area contributed by atoms with Crippen LogP contribution in [-0.2, 0) is 9.53 Å². The lowest BCUT2D eigenvalue weighted by Gasteiger charge is -2.31. The predicted molar refractivity (Wildman–Crippen MR) is 144 cm³/mol. The van der Waals surface area contributed by atoms with E-state index < -0.39 is 17.7 Å². The molecule has 1 saturated heterocycles. The molecule has 192 valence electrons. The fraction of sp³-hybridized carbons (Fsp3) is 0.393. The van der Waals surface area contributed by atoms with Crippen molar-refractivity contribution >= 4 is 35.7 Å². The van der Waals surface area contributed by atoms with Gasteiger partial charge in [-0.25, -0.2) is 14.6 Å². The third-order valence-corrected chi connectivity index (χ3v) is 5.72. The molecule has 1 aromatic heterocycles. The number of hydrogen-bond acceptors (Lipinski definition) is 6. The highest BCUT2D eigenvalue weighted by molar-refractivity contribution is 5.88. The minimum absolute atomic E-state index is 0.0828. The van der Waals surface area contributed by atoms with Gasteiger partial charge in [0, 0.05) is 51.7 Å². The van der Waals surface area contributed by atoms with Crippen molar-refractivity contribution in [2.45, 2.75) is 38.8 Å². The molecule has 2 aromatic rings. The number of carboxylic acid groups (broad SMARTS) is 1. The van der Waals surface area contributed by atoms with Crippen molar-refractivity contribution in [2.75, 3.05) is 43.5 Å². The molecule has 3 rings (SSSR count). The molecule has 2 heterocycles. The molecule has 1 amide bonds. The van der Waals surface area contributed by atoms with Crippen molar-refractivity contribution in [3.8, 4) is 0 Å². The fourth-order valence-corrected chi connectivity index (χ4v) is 3.96. The Morgan fingerprint density at radius 3 is 2.39 bits per heavy atom. The first-order valence-electron chi connectivity index (χ1n) is 12.1. The molecule has 1 aromatic carbocycles. The molecule has 1 aliphatic rings. The van der Waals surface area contributed by atoms with Gasteiger partial charge in [-0.1, -0.05) is 24.3 Å². The number of amides is 1. The van der Waals surface area contributed by atoms with Crippen molar-refractivity contribution < 1.29 is 19.4 Å². The molecule has 0 radical (unpaired) electrons. The summed E-state index contributed by atoms with van der Waals surface area (Å²) in [6.07, 6.45) is 8.70. The molecule has 0 saturated carbocycles. The SMILES string of the molecule is CN(C)c1ccc(/C=C/CN2CCC(N(C(=O)OC(C)(C)C)c3ccc(/C=C/C(=O)O)cn3)C2)cc1. The van der Waals surface area contributed by atoms with Gasteiger partial charge in [-0.2, -0.15) is 0 Å². The van der Waals surface area contributed by atoms with E-state index in [0.29, 0.717) is 17.9 Å². The number of nitrogens with zero attached hydrogens (tertiary/aromatic N) is 4. The Bertz CT molecular complexity index is 1090. The number of hydrogen-bond donors (Lipinski definition) is 1. The Labute approximate surface area is 213 Å². The van der Waals surface area contributed by atoms with E-state index in [1.165, 1.54) is 6.08 Å². The van der Waals surface area contributed by atoms with Crippen molar-refractivity contribution in [1.82, 2.24) is 9.88 Å². The van der Waals surface area contributed by atoms with E-state index in [9.17, 15) is 9.59 Å². The van der Waals surface area contributed by atoms with Crippen LogP contribution in [0.1, 0.15) is 38.3 Å². The average Bonchev–Trinajstić information content (AvgIpc) is 3.26. The van der Waals surface area contributed by atoms with Crippen molar-refractivity contribution in [2.24, 2.45) is 0 Å². The molecule has 1 aliphatic heterocycles. The number of likely N-dealkylation sites (tertiary alicyclic amines) is 1. The van der Waals surface area contributed by atoms with E-state index in [2.05, 4.69) is 51.2 Å². The van der Waals surface area contributed by atoms with E-state index in [-0.39, 0.29) is 6.04 Å². The van der Waals surface area contributed by atoms with Gasteiger partial charge in [0.05, 0.1) is 6.04 Å². The van der Waals surface area contributed by atoms with Crippen LogP contribution in [-0.4, -0.2) is 72.4 Å². The van der Waals surface area contributed by atoms with Crippen molar-refractivity contribution in [3.63, 3.8) is 0 Å². The summed E-state index contributed by atoms with van der Waals surface area (Å²) in [6, 6.07) is 11.8. The first kappa shape index (κ1) is 26.9. The fourth-order valence-electron chi connectivity index (χ4n) is 3.96. The Hall–Kier alpha value is -3.65. The first-order valence-corrected chi connectivity index (χ1v) is 12.1. The van der Waals surface area contributed by atoms with Crippen molar-refractivity contribution in [1.29, 1.82) is 0 Å². The van der Waals surface area contributed by atoms with Crippen LogP contribution in [0.2, 0.25) is 0 Å². The summed E-state index contributed by atoms with van der Waals surface area (Å²) in [5.41, 5.74) is 2.31. The highest BCUT2D eigenvalue weighted by atomic mass is 16.6. The quantitative estimate of drug-likeness (QED) is 0.531. The van der Waals surface area contributed by atoms with E-state index in [1.54, 1.807) is 23.2 Å². The summed E-state index contributed by atoms with van der Waals surface area (Å²) in [4.78, 5) is 34.4. The molecule has 36 heavy (non-hydrogen) atoms. The summed E-state index contributed by atoms with van der Waals surface area (Å²) < 4.78 is 5.70. The maximum Gasteiger partial charge on any atom is 0.416 e. The molecule has 8 heteroatoms. The summed E-state index contributed by atoms with van der Waals surface area (Å²) >= 11 is 0. The number of carbonyl (C=O) groups excluding carboxylic acids is 1. The number of anilines is 2. The smallest absolute Gasteiger partial charge is 0.416 e. The van der Waals surface area contributed by atoms with Crippen LogP contribution >= 0.6 is 0 Å². The van der Waals surface area contributed by atoms with Gasteiger partial charge >= 0.3 is 12.1 Å². The Morgan fingerprint density at radius 1 is 1.11 bits per heavy atom. The maximum atomic E-state index is 13.2. The zero-order valence-corrected chi connectivity index (χ0v) is 21.7. The van der Waals surface area contributed by atoms with E-state index >= 15 is 0 Å². The molecule has 0 aliphatic carbocycles. The summed E-state index contributed by atoms with van der Waals surface area (Å²) in [5.74, 6) is -0.541. The van der Waals surface area contributed by atoms with Crippen LogP contribution in [0.25, 0.3) is 12.2 Å². The molecular formula is C28H36N4O4. The lowest BCUT2D eigenvalue weighted by molar-refractivity contribution is -0.131. The van der Waals surface area contributed by atoms with Gasteiger partial charge < -0.3 is 14.7 Å². The number of ether oxygens (including phenoxy) is 1. The molecule has 0 spiro atoms. The van der Waals surface area contributed by atoms with Gasteiger partial charge in [0.1, 0.15) is 11.4 Å². The minimum atomic E-state index is -1.03. The number of pyridine rings is 1. The lowest BCUT2D eigenvalue weighted by atomic mass is 10.2. The normalized spacial score (nSPS) is 16.5. The van der Waals surface area contributed by atoms with Gasteiger partial charge in [-0.15, -0.1) is 0 Å². The van der Waals surface area contributed by atoms with Crippen LogP contribution in [0.4, 0.5) is 16.3 Å². The second kappa shape index (κ2) is 11.9. The van der Waals surface area contributed by atoms with Gasteiger partial charge in [-0.05, 0) is 68.7 Å². The van der Waals surface area contributed by atoms with Crippen LogP contribution < -0.4 is 9.80 Å². The number of carbonyl (C=O) groups is 2. The Kier molecular flexibility index (Phi) is 8.88. The zero-order chi connectivity index (χ0) is 26.3. The van der Waals surface area contributed by atoms with Crippen LogP contribution in [0.3, 0.4) is 0 Å². The second-order valence-corrected chi connectivity index (χ2v) is 10.1. The standard InChI is InChI=1S/C28H36N4O4/c1-28(2,3)36-27(35)32(25-14-10-22(19-29-25)11-15-26(33)34)24-16-18-31(20-24)17-6-7-21-8-12-23(13-9-21)30(4)5/h6-15,19,24H,16-18,20H2,1-5H3,(H,33,34)/b7-6+,15-11+. The molecule has 1 atom stereocenters. The molecule has 0 bridgehead atoms. The van der Waals surface area contributed by atoms with Crippen molar-refractivity contribution in [3.05, 3.63) is 65.9 Å². The van der Waals surface area contributed by atoms with E-state index in [1.807, 2.05) is 34.9 Å². The third-order valence-electron chi connectivity index (χ3n) is 5.72. The highest BCUT2D eigenvalue weighted by Crippen LogP contribution is 2.25. The van der Waals surface area contributed by atoms with E-state index in [4.69, 9.17) is 9.84 Å². The van der Waals surface area contributed by atoms with Gasteiger partial charge in [-0.3, -0.25) is 9.80 Å².